The Hall–Kier alpha value is -4.81. The Balaban J connectivity index is 1.58. The van der Waals surface area contributed by atoms with E-state index in [0.29, 0.717) is 36.0 Å². The molecule has 0 bridgehead atoms. The van der Waals surface area contributed by atoms with Crippen molar-refractivity contribution in [2.75, 3.05) is 19.8 Å². The van der Waals surface area contributed by atoms with Crippen molar-refractivity contribution in [2.24, 2.45) is 0 Å². The second kappa shape index (κ2) is 15.8. The fourth-order valence-electron chi connectivity index (χ4n) is 5.09. The first-order valence-corrected chi connectivity index (χ1v) is 15.0. The number of hydrogen-bond donors (Lipinski definition) is 1. The van der Waals surface area contributed by atoms with Crippen LogP contribution in [-0.4, -0.2) is 36.9 Å². The third-order valence-corrected chi connectivity index (χ3v) is 7.51. The van der Waals surface area contributed by atoms with Gasteiger partial charge in [0.05, 0.1) is 13.2 Å². The molecule has 4 rings (SSSR count). The van der Waals surface area contributed by atoms with E-state index in [1.54, 1.807) is 26.0 Å². The minimum atomic E-state index is -0.433. The average molecular weight is 607 g/mol. The van der Waals surface area contributed by atoms with Crippen molar-refractivity contribution in [3.8, 4) is 33.4 Å². The van der Waals surface area contributed by atoms with Crippen LogP contribution in [0.2, 0.25) is 0 Å². The highest BCUT2D eigenvalue weighted by Gasteiger charge is 2.14. The molecule has 0 unspecified atom stereocenters. The molecule has 0 amide bonds. The van der Waals surface area contributed by atoms with E-state index >= 15 is 4.39 Å². The van der Waals surface area contributed by atoms with Crippen LogP contribution >= 0.6 is 0 Å². The Morgan fingerprint density at radius 2 is 1.20 bits per heavy atom. The van der Waals surface area contributed by atoms with E-state index in [9.17, 15) is 9.59 Å². The van der Waals surface area contributed by atoms with Gasteiger partial charge in [0.1, 0.15) is 5.82 Å². The van der Waals surface area contributed by atoms with Gasteiger partial charge >= 0.3 is 11.9 Å². The van der Waals surface area contributed by atoms with Crippen LogP contribution in [0.3, 0.4) is 0 Å². The molecular weight excluding hydrogens is 567 g/mol. The first-order valence-electron chi connectivity index (χ1n) is 15.0. The van der Waals surface area contributed by atoms with Crippen molar-refractivity contribution in [3.63, 3.8) is 0 Å². The number of benzene rings is 4. The minimum absolute atomic E-state index is 0.145. The maximum Gasteiger partial charge on any atom is 0.333 e. The molecule has 45 heavy (non-hydrogen) atoms. The van der Waals surface area contributed by atoms with Crippen molar-refractivity contribution in [3.05, 3.63) is 132 Å². The fourth-order valence-corrected chi connectivity index (χ4v) is 5.09. The van der Waals surface area contributed by atoms with Crippen LogP contribution in [0.1, 0.15) is 37.0 Å². The molecule has 0 saturated heterocycles. The second-order valence-corrected chi connectivity index (χ2v) is 11.1. The zero-order valence-corrected chi connectivity index (χ0v) is 25.9. The molecule has 0 fully saturated rings. The van der Waals surface area contributed by atoms with Crippen molar-refractivity contribution in [1.82, 2.24) is 0 Å². The summed E-state index contributed by atoms with van der Waals surface area (Å²) in [4.78, 5) is 23.9. The first-order chi connectivity index (χ1) is 21.7. The van der Waals surface area contributed by atoms with Crippen LogP contribution < -0.4 is 0 Å². The van der Waals surface area contributed by atoms with Crippen LogP contribution in [0.4, 0.5) is 4.39 Å². The molecular formula is C39H39FO5. The number of hydrogen-bond acceptors (Lipinski definition) is 5. The standard InChI is InChI=1S/C39H39FO5/c1-26(2)38(42)44-23-20-31-8-5-9-32(21-24-45-39(43)27(3)4)37(31)33-16-14-29(15-17-33)34-18-19-35(36(40)25-34)30-12-10-28(11-13-30)7-6-22-41/h5,8-19,25,41H,1,3,6-7,20-24H2,2,4H3. The van der Waals surface area contributed by atoms with Crippen LogP contribution in [0.25, 0.3) is 33.4 Å². The van der Waals surface area contributed by atoms with Crippen LogP contribution in [0, 0.1) is 5.82 Å². The van der Waals surface area contributed by atoms with Gasteiger partial charge in [0.25, 0.3) is 0 Å². The Bertz CT molecular complexity index is 1620. The SMILES string of the molecule is C=C(C)C(=O)OCCc1cccc(CCOC(=O)C(=C)C)c1-c1ccc(-c2ccc(-c3ccc(CCCO)cc3)c(F)c2)cc1. The number of esters is 2. The summed E-state index contributed by atoms with van der Waals surface area (Å²) in [6.07, 6.45) is 2.46. The van der Waals surface area contributed by atoms with E-state index in [2.05, 4.69) is 13.2 Å². The predicted molar refractivity (Wildman–Crippen MR) is 177 cm³/mol. The minimum Gasteiger partial charge on any atom is -0.462 e. The highest BCUT2D eigenvalue weighted by Crippen LogP contribution is 2.33. The highest BCUT2D eigenvalue weighted by molar-refractivity contribution is 5.87. The van der Waals surface area contributed by atoms with E-state index in [-0.39, 0.29) is 25.6 Å². The molecule has 0 aromatic heterocycles. The summed E-state index contributed by atoms with van der Waals surface area (Å²) in [6, 6.07) is 26.9. The molecule has 6 heteroatoms. The maximum absolute atomic E-state index is 15.3. The van der Waals surface area contributed by atoms with Gasteiger partial charge in [-0.15, -0.1) is 0 Å². The molecule has 0 saturated carbocycles. The van der Waals surface area contributed by atoms with Gasteiger partial charge in [-0.3, -0.25) is 0 Å². The van der Waals surface area contributed by atoms with Gasteiger partial charge in [-0.05, 0) is 77.3 Å². The Kier molecular flexibility index (Phi) is 11.6. The van der Waals surface area contributed by atoms with Gasteiger partial charge in [-0.1, -0.05) is 92.0 Å². The lowest BCUT2D eigenvalue weighted by Gasteiger charge is -2.17. The van der Waals surface area contributed by atoms with Gasteiger partial charge in [-0.2, -0.15) is 0 Å². The Morgan fingerprint density at radius 3 is 1.71 bits per heavy atom. The van der Waals surface area contributed by atoms with Crippen molar-refractivity contribution in [1.29, 1.82) is 0 Å². The monoisotopic (exact) mass is 606 g/mol. The number of carbonyl (C=O) groups excluding carboxylic acids is 2. The number of aliphatic hydroxyl groups is 1. The summed E-state index contributed by atoms with van der Waals surface area (Å²) in [6.45, 7) is 11.0. The lowest BCUT2D eigenvalue weighted by Crippen LogP contribution is -2.10. The molecule has 0 spiro atoms. The summed E-state index contributed by atoms with van der Waals surface area (Å²) in [7, 11) is 0. The quantitative estimate of drug-likeness (QED) is 0.116. The van der Waals surface area contributed by atoms with Crippen LogP contribution in [0.15, 0.2) is 109 Å². The molecule has 0 heterocycles. The molecule has 4 aromatic rings. The largest absolute Gasteiger partial charge is 0.462 e. The van der Waals surface area contributed by atoms with E-state index in [1.165, 1.54) is 0 Å². The normalized spacial score (nSPS) is 10.8. The van der Waals surface area contributed by atoms with E-state index < -0.39 is 11.9 Å². The van der Waals surface area contributed by atoms with Gasteiger partial charge < -0.3 is 14.6 Å². The maximum atomic E-state index is 15.3. The van der Waals surface area contributed by atoms with E-state index in [1.807, 2.05) is 72.8 Å². The van der Waals surface area contributed by atoms with Gasteiger partial charge in [0.2, 0.25) is 0 Å². The van der Waals surface area contributed by atoms with Crippen LogP contribution in [-0.2, 0) is 38.3 Å². The lowest BCUT2D eigenvalue weighted by atomic mass is 9.90. The van der Waals surface area contributed by atoms with Gasteiger partial charge in [-0.25, -0.2) is 14.0 Å². The van der Waals surface area contributed by atoms with E-state index in [4.69, 9.17) is 14.6 Å². The summed E-state index contributed by atoms with van der Waals surface area (Å²) >= 11 is 0. The number of halogens is 1. The topological polar surface area (TPSA) is 72.8 Å². The fraction of sp³-hybridized carbons (Fsp3) is 0.231. The Labute approximate surface area is 264 Å². The first kappa shape index (κ1) is 33.1. The molecule has 0 aliphatic carbocycles. The summed E-state index contributed by atoms with van der Waals surface area (Å²) < 4.78 is 26.0. The van der Waals surface area contributed by atoms with Crippen molar-refractivity contribution < 1.29 is 28.6 Å². The molecule has 0 radical (unpaired) electrons. The zero-order chi connectivity index (χ0) is 32.3. The molecule has 0 atom stereocenters. The van der Waals surface area contributed by atoms with Gasteiger partial charge in [0, 0.05) is 36.2 Å². The number of ether oxygens (including phenoxy) is 2. The van der Waals surface area contributed by atoms with E-state index in [0.717, 1.165) is 50.9 Å². The van der Waals surface area contributed by atoms with Crippen LogP contribution in [0.5, 0.6) is 0 Å². The van der Waals surface area contributed by atoms with Crippen molar-refractivity contribution >= 4 is 11.9 Å². The summed E-state index contributed by atoms with van der Waals surface area (Å²) in [5.41, 5.74) is 8.64. The molecule has 5 nitrogen and oxygen atoms in total. The molecule has 0 aliphatic rings. The predicted octanol–water partition coefficient (Wildman–Crippen LogP) is 8.08. The van der Waals surface area contributed by atoms with Gasteiger partial charge in [0.15, 0.2) is 0 Å². The number of aliphatic hydroxyl groups excluding tert-OH is 1. The molecule has 4 aromatic carbocycles. The lowest BCUT2D eigenvalue weighted by molar-refractivity contribution is -0.139. The summed E-state index contributed by atoms with van der Waals surface area (Å²) in [5.74, 6) is -1.17. The smallest absolute Gasteiger partial charge is 0.333 e. The zero-order valence-electron chi connectivity index (χ0n) is 25.9. The molecule has 232 valence electrons. The second-order valence-electron chi connectivity index (χ2n) is 11.1. The average Bonchev–Trinajstić information content (AvgIpc) is 3.04. The third-order valence-electron chi connectivity index (χ3n) is 7.51. The number of rotatable bonds is 14. The third kappa shape index (κ3) is 8.87. The Morgan fingerprint density at radius 1 is 0.689 bits per heavy atom. The summed E-state index contributed by atoms with van der Waals surface area (Å²) in [5, 5.41) is 9.06. The van der Waals surface area contributed by atoms with Crippen molar-refractivity contribution in [2.45, 2.75) is 39.5 Å². The molecule has 1 N–H and O–H groups in total. The highest BCUT2D eigenvalue weighted by atomic mass is 19.1. The number of carbonyl (C=O) groups is 2. The molecule has 0 aliphatic heterocycles. The number of aryl methyl sites for hydroxylation is 1.